The molecule has 4 N–H and O–H groups in total. The van der Waals surface area contributed by atoms with Gasteiger partial charge in [0.25, 0.3) is 0 Å². The van der Waals surface area contributed by atoms with Crippen molar-refractivity contribution in [3.63, 3.8) is 0 Å². The van der Waals surface area contributed by atoms with Crippen molar-refractivity contribution in [1.29, 1.82) is 0 Å². The van der Waals surface area contributed by atoms with Gasteiger partial charge in [-0.25, -0.2) is 0 Å². The van der Waals surface area contributed by atoms with Crippen molar-refractivity contribution in [1.82, 2.24) is 10.2 Å². The van der Waals surface area contributed by atoms with Crippen molar-refractivity contribution in [3.05, 3.63) is 35.4 Å². The Hall–Kier alpha value is -1.43. The van der Waals surface area contributed by atoms with E-state index in [1.807, 2.05) is 12.1 Å². The highest BCUT2D eigenvalue weighted by Crippen LogP contribution is 2.15. The van der Waals surface area contributed by atoms with Gasteiger partial charge in [-0.1, -0.05) is 19.1 Å². The lowest BCUT2D eigenvalue weighted by molar-refractivity contribution is 0.0906. The van der Waals surface area contributed by atoms with Gasteiger partial charge in [-0.2, -0.15) is 0 Å². The first-order valence-electron chi connectivity index (χ1n) is 8.04. The Balaban J connectivity index is 1.69. The van der Waals surface area contributed by atoms with E-state index in [0.717, 1.165) is 31.1 Å². The van der Waals surface area contributed by atoms with Crippen LogP contribution in [0.3, 0.4) is 0 Å². The molecule has 0 saturated carbocycles. The summed E-state index contributed by atoms with van der Waals surface area (Å²) in [4.78, 5) is 13.5. The predicted molar refractivity (Wildman–Crippen MR) is 87.5 cm³/mol. The van der Waals surface area contributed by atoms with Gasteiger partial charge in [-0.05, 0) is 49.5 Å². The fourth-order valence-corrected chi connectivity index (χ4v) is 2.82. The number of aliphatic hydroxyl groups is 1. The molecule has 0 radical (unpaired) electrons. The summed E-state index contributed by atoms with van der Waals surface area (Å²) in [6.07, 6.45) is 2.08. The minimum atomic E-state index is -0.416. The lowest BCUT2D eigenvalue weighted by atomic mass is 9.99. The number of carbonyl (C=O) groups is 1. The van der Waals surface area contributed by atoms with E-state index < -0.39 is 5.91 Å². The third-order valence-electron chi connectivity index (χ3n) is 4.27. The van der Waals surface area contributed by atoms with Crippen LogP contribution in [0, 0.1) is 5.92 Å². The van der Waals surface area contributed by atoms with E-state index in [1.54, 1.807) is 12.1 Å². The lowest BCUT2D eigenvalue weighted by Crippen LogP contribution is -2.41. The Morgan fingerprint density at radius 3 is 2.86 bits per heavy atom. The van der Waals surface area contributed by atoms with Gasteiger partial charge in [-0.3, -0.25) is 4.79 Å². The van der Waals surface area contributed by atoms with Gasteiger partial charge in [0.2, 0.25) is 5.91 Å². The van der Waals surface area contributed by atoms with Crippen LogP contribution < -0.4 is 11.1 Å². The molecule has 0 spiro atoms. The number of nitrogens with zero attached hydrogens (tertiary/aromatic N) is 1. The van der Waals surface area contributed by atoms with Crippen LogP contribution in [0.15, 0.2) is 24.3 Å². The first-order chi connectivity index (χ1) is 10.5. The SMILES string of the molecule is CC1CCN(CC(O)CNCc2cccc(C(N)=O)c2)CC1. The smallest absolute Gasteiger partial charge is 0.248 e. The van der Waals surface area contributed by atoms with E-state index >= 15 is 0 Å². The summed E-state index contributed by atoms with van der Waals surface area (Å²) in [5, 5.41) is 13.3. The van der Waals surface area contributed by atoms with Crippen LogP contribution in [-0.2, 0) is 6.54 Å². The molecule has 0 aliphatic carbocycles. The second-order valence-electron chi connectivity index (χ2n) is 6.33. The number of hydrogen-bond acceptors (Lipinski definition) is 4. The molecular formula is C17H27N3O2. The summed E-state index contributed by atoms with van der Waals surface area (Å²) >= 11 is 0. The molecule has 2 rings (SSSR count). The van der Waals surface area contributed by atoms with Gasteiger partial charge < -0.3 is 21.1 Å². The Bertz CT molecular complexity index is 485. The third kappa shape index (κ3) is 5.40. The minimum Gasteiger partial charge on any atom is -0.390 e. The van der Waals surface area contributed by atoms with Crippen LogP contribution in [0.25, 0.3) is 0 Å². The summed E-state index contributed by atoms with van der Waals surface area (Å²) in [5.74, 6) is 0.394. The van der Waals surface area contributed by atoms with Crippen molar-refractivity contribution in [2.24, 2.45) is 11.7 Å². The van der Waals surface area contributed by atoms with Crippen molar-refractivity contribution >= 4 is 5.91 Å². The molecule has 0 bridgehead atoms. The molecule has 1 amide bonds. The van der Waals surface area contributed by atoms with Crippen LogP contribution in [-0.4, -0.2) is 48.2 Å². The van der Waals surface area contributed by atoms with E-state index in [-0.39, 0.29) is 6.10 Å². The number of nitrogens with two attached hydrogens (primary N) is 1. The molecule has 1 aromatic rings. The average Bonchev–Trinajstić information content (AvgIpc) is 2.50. The number of carbonyl (C=O) groups excluding carboxylic acids is 1. The van der Waals surface area contributed by atoms with Gasteiger partial charge in [-0.15, -0.1) is 0 Å². The Labute approximate surface area is 132 Å². The maximum absolute atomic E-state index is 11.1. The second kappa shape index (κ2) is 8.27. The quantitative estimate of drug-likeness (QED) is 0.701. The number of β-amino-alcohol motifs (C(OH)–C–C–N with tert-alkyl or cyclic N) is 1. The largest absolute Gasteiger partial charge is 0.390 e. The number of primary amides is 1. The lowest BCUT2D eigenvalue weighted by Gasteiger charge is -2.31. The van der Waals surface area contributed by atoms with E-state index in [9.17, 15) is 9.90 Å². The maximum atomic E-state index is 11.1. The summed E-state index contributed by atoms with van der Waals surface area (Å²) in [6, 6.07) is 7.26. The fraction of sp³-hybridized carbons (Fsp3) is 0.588. The summed E-state index contributed by atoms with van der Waals surface area (Å²) in [7, 11) is 0. The molecule has 1 unspecified atom stereocenters. The van der Waals surface area contributed by atoms with Crippen LogP contribution >= 0.6 is 0 Å². The number of likely N-dealkylation sites (tertiary alicyclic amines) is 1. The molecule has 1 aliphatic rings. The molecule has 1 saturated heterocycles. The molecule has 122 valence electrons. The van der Waals surface area contributed by atoms with Gasteiger partial charge in [0, 0.05) is 25.2 Å². The van der Waals surface area contributed by atoms with Gasteiger partial charge >= 0.3 is 0 Å². The molecule has 1 aliphatic heterocycles. The third-order valence-corrected chi connectivity index (χ3v) is 4.27. The van der Waals surface area contributed by atoms with Crippen molar-refractivity contribution < 1.29 is 9.90 Å². The minimum absolute atomic E-state index is 0.368. The zero-order valence-corrected chi connectivity index (χ0v) is 13.3. The molecular weight excluding hydrogens is 278 g/mol. The molecule has 1 heterocycles. The van der Waals surface area contributed by atoms with E-state index in [4.69, 9.17) is 5.73 Å². The molecule has 0 aromatic heterocycles. The van der Waals surface area contributed by atoms with Crippen molar-refractivity contribution in [2.75, 3.05) is 26.2 Å². The van der Waals surface area contributed by atoms with Crippen molar-refractivity contribution in [3.8, 4) is 0 Å². The molecule has 1 atom stereocenters. The number of rotatable bonds is 7. The van der Waals surface area contributed by atoms with Crippen molar-refractivity contribution in [2.45, 2.75) is 32.4 Å². The number of nitrogens with one attached hydrogen (secondary N) is 1. The van der Waals surface area contributed by atoms with Crippen LogP contribution in [0.5, 0.6) is 0 Å². The Morgan fingerprint density at radius 1 is 1.45 bits per heavy atom. The Kier molecular flexibility index (Phi) is 6.36. The highest BCUT2D eigenvalue weighted by molar-refractivity contribution is 5.92. The first kappa shape index (κ1) is 16.9. The van der Waals surface area contributed by atoms with Gasteiger partial charge in [0.1, 0.15) is 0 Å². The first-order valence-corrected chi connectivity index (χ1v) is 8.04. The zero-order chi connectivity index (χ0) is 15.9. The second-order valence-corrected chi connectivity index (χ2v) is 6.33. The summed E-state index contributed by atoms with van der Waals surface area (Å²) in [5.41, 5.74) is 6.78. The number of benzene rings is 1. The van der Waals surface area contributed by atoms with Gasteiger partial charge in [0.05, 0.1) is 6.10 Å². The highest BCUT2D eigenvalue weighted by atomic mass is 16.3. The van der Waals surface area contributed by atoms with Gasteiger partial charge in [0.15, 0.2) is 0 Å². The molecule has 1 aromatic carbocycles. The number of hydrogen-bond donors (Lipinski definition) is 3. The maximum Gasteiger partial charge on any atom is 0.248 e. The Morgan fingerprint density at radius 2 is 2.18 bits per heavy atom. The number of aliphatic hydroxyl groups excluding tert-OH is 1. The van der Waals surface area contributed by atoms with E-state index in [1.165, 1.54) is 12.8 Å². The normalized spacial score (nSPS) is 18.3. The predicted octanol–water partition coefficient (Wildman–Crippen LogP) is 0.968. The monoisotopic (exact) mass is 305 g/mol. The molecule has 22 heavy (non-hydrogen) atoms. The highest BCUT2D eigenvalue weighted by Gasteiger charge is 2.17. The molecule has 5 heteroatoms. The fourth-order valence-electron chi connectivity index (χ4n) is 2.82. The average molecular weight is 305 g/mol. The zero-order valence-electron chi connectivity index (χ0n) is 13.3. The van der Waals surface area contributed by atoms with Crippen LogP contribution in [0.1, 0.15) is 35.7 Å². The summed E-state index contributed by atoms with van der Waals surface area (Å²) in [6.45, 7) is 6.34. The summed E-state index contributed by atoms with van der Waals surface area (Å²) < 4.78 is 0. The van der Waals surface area contributed by atoms with Crippen LogP contribution in [0.2, 0.25) is 0 Å². The standard InChI is InChI=1S/C17H27N3O2/c1-13-5-7-20(8-6-13)12-16(21)11-19-10-14-3-2-4-15(9-14)17(18)22/h2-4,9,13,16,19,21H,5-8,10-12H2,1H3,(H2,18,22). The topological polar surface area (TPSA) is 78.6 Å². The molecule has 1 fully saturated rings. The number of piperidine rings is 1. The number of amides is 1. The van der Waals surface area contributed by atoms with E-state index in [0.29, 0.717) is 18.7 Å². The molecule has 5 nitrogen and oxygen atoms in total. The van der Waals surface area contributed by atoms with Crippen LogP contribution in [0.4, 0.5) is 0 Å². The van der Waals surface area contributed by atoms with E-state index in [2.05, 4.69) is 17.1 Å².